The van der Waals surface area contributed by atoms with Gasteiger partial charge in [-0.25, -0.2) is 0 Å². The van der Waals surface area contributed by atoms with E-state index in [2.05, 4.69) is 5.32 Å². The summed E-state index contributed by atoms with van der Waals surface area (Å²) in [6.07, 6.45) is 0. The van der Waals surface area contributed by atoms with Crippen LogP contribution in [0.1, 0.15) is 6.92 Å². The summed E-state index contributed by atoms with van der Waals surface area (Å²) in [5, 5.41) is 19.2. The van der Waals surface area contributed by atoms with Crippen LogP contribution < -0.4 is 5.32 Å². The van der Waals surface area contributed by atoms with E-state index < -0.39 is 5.92 Å². The molecule has 1 unspecified atom stereocenters. The van der Waals surface area contributed by atoms with Gasteiger partial charge in [0.25, 0.3) is 0 Å². The van der Waals surface area contributed by atoms with E-state index in [1.54, 1.807) is 0 Å². The SMILES string of the molecule is CC(C#N)C(=O)NCCOCCO. The first-order valence-corrected chi connectivity index (χ1v) is 4.08. The molecule has 0 aliphatic carbocycles. The van der Waals surface area contributed by atoms with Crippen LogP contribution in [0.3, 0.4) is 0 Å². The Kier molecular flexibility index (Phi) is 6.88. The number of aliphatic hydroxyl groups excluding tert-OH is 1. The minimum Gasteiger partial charge on any atom is -0.394 e. The Bertz CT molecular complexity index is 188. The average molecular weight is 186 g/mol. The smallest absolute Gasteiger partial charge is 0.237 e. The Labute approximate surface area is 77.3 Å². The maximum absolute atomic E-state index is 11.0. The fourth-order valence-electron chi connectivity index (χ4n) is 0.625. The van der Waals surface area contributed by atoms with Crippen molar-refractivity contribution in [2.75, 3.05) is 26.4 Å². The fraction of sp³-hybridized carbons (Fsp3) is 0.750. The number of hydrogen-bond donors (Lipinski definition) is 2. The van der Waals surface area contributed by atoms with E-state index in [4.69, 9.17) is 15.1 Å². The maximum Gasteiger partial charge on any atom is 0.237 e. The lowest BCUT2D eigenvalue weighted by atomic mass is 10.2. The zero-order valence-electron chi connectivity index (χ0n) is 7.62. The van der Waals surface area contributed by atoms with Crippen molar-refractivity contribution < 1.29 is 14.6 Å². The van der Waals surface area contributed by atoms with Gasteiger partial charge in [-0.3, -0.25) is 4.79 Å². The van der Waals surface area contributed by atoms with E-state index in [0.717, 1.165) is 0 Å². The number of nitriles is 1. The molecule has 74 valence electrons. The van der Waals surface area contributed by atoms with E-state index in [0.29, 0.717) is 13.2 Å². The number of carbonyl (C=O) groups is 1. The standard InChI is InChI=1S/C8H14N2O3/c1-7(6-9)8(12)10-2-4-13-5-3-11/h7,11H,2-5H2,1H3,(H,10,12). The van der Waals surface area contributed by atoms with Gasteiger partial charge in [-0.1, -0.05) is 0 Å². The summed E-state index contributed by atoms with van der Waals surface area (Å²) in [6, 6.07) is 1.82. The molecule has 0 heterocycles. The summed E-state index contributed by atoms with van der Waals surface area (Å²) in [6.45, 7) is 2.49. The molecule has 0 aromatic heterocycles. The molecule has 0 saturated heterocycles. The van der Waals surface area contributed by atoms with Crippen LogP contribution in [0.25, 0.3) is 0 Å². The third kappa shape index (κ3) is 6.08. The molecule has 2 N–H and O–H groups in total. The summed E-state index contributed by atoms with van der Waals surface area (Å²) >= 11 is 0. The molecule has 1 amide bonds. The number of amides is 1. The highest BCUT2D eigenvalue weighted by Gasteiger charge is 2.09. The van der Waals surface area contributed by atoms with Crippen LogP contribution in [0.5, 0.6) is 0 Å². The van der Waals surface area contributed by atoms with E-state index in [1.807, 2.05) is 6.07 Å². The van der Waals surface area contributed by atoms with Crippen molar-refractivity contribution >= 4 is 5.91 Å². The molecule has 0 aliphatic heterocycles. The second-order valence-corrected chi connectivity index (χ2v) is 2.48. The number of carbonyl (C=O) groups excluding carboxylic acids is 1. The van der Waals surface area contributed by atoms with Crippen molar-refractivity contribution in [1.82, 2.24) is 5.32 Å². The zero-order chi connectivity index (χ0) is 10.1. The third-order valence-corrected chi connectivity index (χ3v) is 1.37. The van der Waals surface area contributed by atoms with Crippen molar-refractivity contribution in [3.8, 4) is 6.07 Å². The van der Waals surface area contributed by atoms with Gasteiger partial charge in [-0.15, -0.1) is 0 Å². The van der Waals surface area contributed by atoms with Gasteiger partial charge < -0.3 is 15.2 Å². The molecule has 0 radical (unpaired) electrons. The van der Waals surface area contributed by atoms with E-state index in [-0.39, 0.29) is 19.1 Å². The van der Waals surface area contributed by atoms with Crippen LogP contribution in [0.4, 0.5) is 0 Å². The molecule has 5 nitrogen and oxygen atoms in total. The van der Waals surface area contributed by atoms with Gasteiger partial charge in [0.05, 0.1) is 25.9 Å². The Balaban J connectivity index is 3.33. The van der Waals surface area contributed by atoms with Crippen LogP contribution in [0, 0.1) is 17.2 Å². The van der Waals surface area contributed by atoms with Gasteiger partial charge in [-0.2, -0.15) is 5.26 Å². The van der Waals surface area contributed by atoms with Crippen molar-refractivity contribution in [2.45, 2.75) is 6.92 Å². The van der Waals surface area contributed by atoms with Crippen LogP contribution in [0.15, 0.2) is 0 Å². The lowest BCUT2D eigenvalue weighted by Crippen LogP contribution is -2.31. The number of aliphatic hydroxyl groups is 1. The molecule has 0 rings (SSSR count). The normalized spacial score (nSPS) is 11.8. The van der Waals surface area contributed by atoms with Gasteiger partial charge in [0.2, 0.25) is 5.91 Å². The molecular formula is C8H14N2O3. The Morgan fingerprint density at radius 1 is 1.69 bits per heavy atom. The predicted molar refractivity (Wildman–Crippen MR) is 45.7 cm³/mol. The molecule has 0 bridgehead atoms. The molecule has 1 atom stereocenters. The van der Waals surface area contributed by atoms with E-state index in [9.17, 15) is 4.79 Å². The number of ether oxygens (including phenoxy) is 1. The topological polar surface area (TPSA) is 82.4 Å². The zero-order valence-corrected chi connectivity index (χ0v) is 7.62. The monoisotopic (exact) mass is 186 g/mol. The minimum absolute atomic E-state index is 0.0253. The van der Waals surface area contributed by atoms with Gasteiger partial charge in [0.1, 0.15) is 5.92 Å². The Morgan fingerprint density at radius 2 is 2.38 bits per heavy atom. The van der Waals surface area contributed by atoms with Crippen molar-refractivity contribution in [1.29, 1.82) is 5.26 Å². The second-order valence-electron chi connectivity index (χ2n) is 2.48. The molecule has 5 heteroatoms. The molecule has 0 spiro atoms. The van der Waals surface area contributed by atoms with Gasteiger partial charge in [0, 0.05) is 6.54 Å². The third-order valence-electron chi connectivity index (χ3n) is 1.37. The highest BCUT2D eigenvalue weighted by atomic mass is 16.5. The number of nitrogens with one attached hydrogen (secondary N) is 1. The molecule has 0 aliphatic rings. The lowest BCUT2D eigenvalue weighted by molar-refractivity contribution is -0.123. The number of hydrogen-bond acceptors (Lipinski definition) is 4. The quantitative estimate of drug-likeness (QED) is 0.536. The van der Waals surface area contributed by atoms with Crippen LogP contribution in [0.2, 0.25) is 0 Å². The maximum atomic E-state index is 11.0. The number of rotatable bonds is 6. The van der Waals surface area contributed by atoms with Crippen LogP contribution in [-0.4, -0.2) is 37.4 Å². The fourth-order valence-corrected chi connectivity index (χ4v) is 0.625. The van der Waals surface area contributed by atoms with Crippen molar-refractivity contribution in [2.24, 2.45) is 5.92 Å². The van der Waals surface area contributed by atoms with Crippen LogP contribution >= 0.6 is 0 Å². The first-order valence-electron chi connectivity index (χ1n) is 4.08. The number of nitrogens with zero attached hydrogens (tertiary/aromatic N) is 1. The summed E-state index contributed by atoms with van der Waals surface area (Å²) < 4.78 is 4.90. The highest BCUT2D eigenvalue weighted by molar-refractivity contribution is 5.80. The van der Waals surface area contributed by atoms with E-state index >= 15 is 0 Å². The summed E-state index contributed by atoms with van der Waals surface area (Å²) in [5.41, 5.74) is 0. The van der Waals surface area contributed by atoms with Gasteiger partial charge >= 0.3 is 0 Å². The van der Waals surface area contributed by atoms with Gasteiger partial charge in [0.15, 0.2) is 0 Å². The molecule has 13 heavy (non-hydrogen) atoms. The van der Waals surface area contributed by atoms with Crippen LogP contribution in [-0.2, 0) is 9.53 Å². The lowest BCUT2D eigenvalue weighted by Gasteiger charge is -2.05. The Hall–Kier alpha value is -1.12. The van der Waals surface area contributed by atoms with E-state index in [1.165, 1.54) is 6.92 Å². The minimum atomic E-state index is -0.627. The molecule has 0 aromatic carbocycles. The highest BCUT2D eigenvalue weighted by Crippen LogP contribution is 1.89. The first-order chi connectivity index (χ1) is 6.22. The largest absolute Gasteiger partial charge is 0.394 e. The summed E-state index contributed by atoms with van der Waals surface area (Å²) in [7, 11) is 0. The van der Waals surface area contributed by atoms with Gasteiger partial charge in [-0.05, 0) is 6.92 Å². The summed E-state index contributed by atoms with van der Waals surface area (Å²) in [4.78, 5) is 11.0. The molecule has 0 fully saturated rings. The molecule has 0 aromatic rings. The van der Waals surface area contributed by atoms with Crippen molar-refractivity contribution in [3.63, 3.8) is 0 Å². The van der Waals surface area contributed by atoms with Crippen molar-refractivity contribution in [3.05, 3.63) is 0 Å². The predicted octanol–water partition coefficient (Wildman–Crippen LogP) is -0.729. The average Bonchev–Trinajstić information content (AvgIpc) is 2.16. The summed E-state index contributed by atoms with van der Waals surface area (Å²) in [5.74, 6) is -0.923. The second kappa shape index (κ2) is 7.53. The molecule has 0 saturated carbocycles. The molecular weight excluding hydrogens is 172 g/mol. The Morgan fingerprint density at radius 3 is 2.92 bits per heavy atom. The first kappa shape index (κ1) is 11.9.